The average Bonchev–Trinajstić information content (AvgIpc) is 2.72. The predicted molar refractivity (Wildman–Crippen MR) is 112 cm³/mol. The molecular formula is C20H18Cl2N2O6. The third-order valence-corrected chi connectivity index (χ3v) is 4.26. The topological polar surface area (TPSA) is 111 Å². The lowest BCUT2D eigenvalue weighted by Crippen LogP contribution is -2.22. The molecule has 0 saturated carbocycles. The van der Waals surface area contributed by atoms with Crippen LogP contribution in [-0.4, -0.2) is 37.5 Å². The van der Waals surface area contributed by atoms with Crippen LogP contribution in [0.2, 0.25) is 10.0 Å². The number of esters is 2. The lowest BCUT2D eigenvalue weighted by molar-refractivity contribution is -0.147. The summed E-state index contributed by atoms with van der Waals surface area (Å²) in [5, 5.41) is 5.74. The van der Waals surface area contributed by atoms with E-state index in [2.05, 4.69) is 15.4 Å². The van der Waals surface area contributed by atoms with Gasteiger partial charge in [0.15, 0.2) is 6.61 Å². The molecule has 158 valence electrons. The highest BCUT2D eigenvalue weighted by molar-refractivity contribution is 6.36. The van der Waals surface area contributed by atoms with Crippen molar-refractivity contribution >= 4 is 58.3 Å². The fourth-order valence-electron chi connectivity index (χ4n) is 2.24. The molecule has 0 aliphatic heterocycles. The van der Waals surface area contributed by atoms with Crippen LogP contribution in [0.15, 0.2) is 42.5 Å². The van der Waals surface area contributed by atoms with Crippen LogP contribution in [-0.2, 0) is 23.9 Å². The van der Waals surface area contributed by atoms with Crippen LogP contribution < -0.4 is 10.6 Å². The first-order chi connectivity index (χ1) is 14.3. The molecule has 2 aromatic carbocycles. The van der Waals surface area contributed by atoms with Crippen molar-refractivity contribution in [2.45, 2.75) is 12.8 Å². The Hall–Kier alpha value is -3.10. The molecule has 2 amide bonds. The van der Waals surface area contributed by atoms with Crippen molar-refractivity contribution in [3.8, 4) is 0 Å². The van der Waals surface area contributed by atoms with Crippen LogP contribution in [0.1, 0.15) is 23.2 Å². The monoisotopic (exact) mass is 452 g/mol. The molecule has 0 unspecified atom stereocenters. The van der Waals surface area contributed by atoms with E-state index >= 15 is 0 Å². The number of nitrogens with one attached hydrogen (secondary N) is 2. The first-order valence-electron chi connectivity index (χ1n) is 8.67. The quantitative estimate of drug-likeness (QED) is 0.590. The summed E-state index contributed by atoms with van der Waals surface area (Å²) in [4.78, 5) is 46.9. The van der Waals surface area contributed by atoms with Gasteiger partial charge in [0.2, 0.25) is 5.91 Å². The van der Waals surface area contributed by atoms with Gasteiger partial charge in [-0.05, 0) is 42.5 Å². The third kappa shape index (κ3) is 7.38. The first-order valence-corrected chi connectivity index (χ1v) is 9.43. The van der Waals surface area contributed by atoms with E-state index in [1.165, 1.54) is 43.5 Å². The zero-order chi connectivity index (χ0) is 22.1. The highest BCUT2D eigenvalue weighted by Crippen LogP contribution is 2.25. The SMILES string of the molecule is COC(=O)c1ccc(NC(=O)CCC(=O)OCC(=O)Nc2ccc(Cl)cc2Cl)cc1. The standard InChI is InChI=1S/C20H18Cl2N2O6/c1-29-20(28)12-2-5-14(6-3-12)23-17(25)8-9-19(27)30-11-18(26)24-16-7-4-13(21)10-15(16)22/h2-7,10H,8-9,11H2,1H3,(H,23,25)(H,24,26). The number of hydrogen-bond acceptors (Lipinski definition) is 6. The van der Waals surface area contributed by atoms with E-state index in [1.807, 2.05) is 0 Å². The van der Waals surface area contributed by atoms with Gasteiger partial charge < -0.3 is 20.1 Å². The molecule has 0 radical (unpaired) electrons. The lowest BCUT2D eigenvalue weighted by atomic mass is 10.2. The second kappa shape index (κ2) is 11.2. The maximum absolute atomic E-state index is 11.9. The molecule has 0 heterocycles. The number of anilines is 2. The number of halogens is 2. The fraction of sp³-hybridized carbons (Fsp3) is 0.200. The number of carbonyl (C=O) groups excluding carboxylic acids is 4. The Morgan fingerprint density at radius 2 is 1.60 bits per heavy atom. The summed E-state index contributed by atoms with van der Waals surface area (Å²) in [6.45, 7) is -0.519. The van der Waals surface area contributed by atoms with Crippen LogP contribution in [0.4, 0.5) is 11.4 Å². The molecule has 0 bridgehead atoms. The van der Waals surface area contributed by atoms with Gasteiger partial charge in [-0.3, -0.25) is 14.4 Å². The van der Waals surface area contributed by atoms with E-state index in [4.69, 9.17) is 27.9 Å². The smallest absolute Gasteiger partial charge is 0.337 e. The Balaban J connectivity index is 1.71. The van der Waals surface area contributed by atoms with Crippen LogP contribution in [0.25, 0.3) is 0 Å². The zero-order valence-electron chi connectivity index (χ0n) is 15.9. The minimum Gasteiger partial charge on any atom is -0.465 e. The van der Waals surface area contributed by atoms with Crippen LogP contribution in [0.5, 0.6) is 0 Å². The second-order valence-corrected chi connectivity index (χ2v) is 6.79. The summed E-state index contributed by atoms with van der Waals surface area (Å²) in [6, 6.07) is 10.6. The first kappa shape index (κ1) is 23.2. The molecule has 8 nitrogen and oxygen atoms in total. The van der Waals surface area contributed by atoms with Gasteiger partial charge in [-0.25, -0.2) is 4.79 Å². The van der Waals surface area contributed by atoms with Crippen molar-refractivity contribution in [2.24, 2.45) is 0 Å². The molecule has 0 atom stereocenters. The van der Waals surface area contributed by atoms with Gasteiger partial charge in [0.1, 0.15) is 0 Å². The van der Waals surface area contributed by atoms with Gasteiger partial charge in [0.25, 0.3) is 5.91 Å². The molecule has 30 heavy (non-hydrogen) atoms. The third-order valence-electron chi connectivity index (χ3n) is 3.72. The largest absolute Gasteiger partial charge is 0.465 e. The zero-order valence-corrected chi connectivity index (χ0v) is 17.4. The Kier molecular flexibility index (Phi) is 8.64. The molecule has 2 rings (SSSR count). The molecule has 0 spiro atoms. The molecule has 0 saturated heterocycles. The molecular weight excluding hydrogens is 435 g/mol. The number of benzene rings is 2. The van der Waals surface area contributed by atoms with Crippen LogP contribution in [0, 0.1) is 0 Å². The van der Waals surface area contributed by atoms with Crippen LogP contribution >= 0.6 is 23.2 Å². The number of amides is 2. The maximum Gasteiger partial charge on any atom is 0.337 e. The highest BCUT2D eigenvalue weighted by atomic mass is 35.5. The Bertz CT molecular complexity index is 947. The molecule has 0 aliphatic carbocycles. The minimum atomic E-state index is -0.705. The number of carbonyl (C=O) groups is 4. The highest BCUT2D eigenvalue weighted by Gasteiger charge is 2.12. The van der Waals surface area contributed by atoms with E-state index < -0.39 is 30.4 Å². The van der Waals surface area contributed by atoms with Crippen molar-refractivity contribution in [3.63, 3.8) is 0 Å². The van der Waals surface area contributed by atoms with E-state index in [1.54, 1.807) is 6.07 Å². The summed E-state index contributed by atoms with van der Waals surface area (Å²) in [7, 11) is 1.27. The van der Waals surface area contributed by atoms with Gasteiger partial charge in [-0.15, -0.1) is 0 Å². The van der Waals surface area contributed by atoms with Gasteiger partial charge in [0, 0.05) is 17.1 Å². The molecule has 2 N–H and O–H groups in total. The van der Waals surface area contributed by atoms with E-state index in [9.17, 15) is 19.2 Å². The Morgan fingerprint density at radius 3 is 2.23 bits per heavy atom. The lowest BCUT2D eigenvalue weighted by Gasteiger charge is -2.09. The summed E-state index contributed by atoms with van der Waals surface area (Å²) >= 11 is 11.7. The predicted octanol–water partition coefficient (Wildman–Crippen LogP) is 3.68. The molecule has 2 aromatic rings. The molecule has 10 heteroatoms. The summed E-state index contributed by atoms with van der Waals surface area (Å²) in [5.41, 5.74) is 1.14. The van der Waals surface area contributed by atoms with Crippen molar-refractivity contribution in [2.75, 3.05) is 24.4 Å². The normalized spacial score (nSPS) is 10.1. The number of ether oxygens (including phenoxy) is 2. The van der Waals surface area contributed by atoms with Gasteiger partial charge in [0.05, 0.1) is 29.8 Å². The summed E-state index contributed by atoms with van der Waals surface area (Å²) in [5.74, 6) is -2.19. The van der Waals surface area contributed by atoms with Gasteiger partial charge in [-0.2, -0.15) is 0 Å². The van der Waals surface area contributed by atoms with E-state index in [0.29, 0.717) is 22.0 Å². The van der Waals surface area contributed by atoms with Crippen molar-refractivity contribution in [1.29, 1.82) is 0 Å². The average molecular weight is 453 g/mol. The van der Waals surface area contributed by atoms with Crippen molar-refractivity contribution in [1.82, 2.24) is 0 Å². The van der Waals surface area contributed by atoms with E-state index in [-0.39, 0.29) is 17.9 Å². The number of hydrogen-bond donors (Lipinski definition) is 2. The fourth-order valence-corrected chi connectivity index (χ4v) is 2.70. The van der Waals surface area contributed by atoms with Gasteiger partial charge in [-0.1, -0.05) is 23.2 Å². The Morgan fingerprint density at radius 1 is 0.900 bits per heavy atom. The summed E-state index contributed by atoms with van der Waals surface area (Å²) in [6.07, 6.45) is -0.344. The number of methoxy groups -OCH3 is 1. The Labute approximate surface area is 182 Å². The minimum absolute atomic E-state index is 0.137. The molecule has 0 aromatic heterocycles. The molecule has 0 fully saturated rings. The second-order valence-electron chi connectivity index (χ2n) is 5.95. The van der Waals surface area contributed by atoms with Crippen molar-refractivity contribution in [3.05, 3.63) is 58.1 Å². The summed E-state index contributed by atoms with van der Waals surface area (Å²) < 4.78 is 9.43. The van der Waals surface area contributed by atoms with Crippen molar-refractivity contribution < 1.29 is 28.7 Å². The molecule has 0 aliphatic rings. The van der Waals surface area contributed by atoms with E-state index in [0.717, 1.165) is 0 Å². The van der Waals surface area contributed by atoms with Crippen LogP contribution in [0.3, 0.4) is 0 Å². The van der Waals surface area contributed by atoms with Gasteiger partial charge >= 0.3 is 11.9 Å². The number of rotatable bonds is 8. The maximum atomic E-state index is 11.9.